The van der Waals surface area contributed by atoms with E-state index in [1.807, 2.05) is 72.8 Å². The van der Waals surface area contributed by atoms with Gasteiger partial charge in [0.1, 0.15) is 0 Å². The van der Waals surface area contributed by atoms with Crippen molar-refractivity contribution in [1.29, 1.82) is 0 Å². The summed E-state index contributed by atoms with van der Waals surface area (Å²) in [5.41, 5.74) is 4.76. The first-order valence-electron chi connectivity index (χ1n) is 9.74. The van der Waals surface area contributed by atoms with Gasteiger partial charge in [0.05, 0.1) is 0 Å². The Hall–Kier alpha value is -0.228. The fourth-order valence-corrected chi connectivity index (χ4v) is 4.16. The number of benzene rings is 3. The van der Waals surface area contributed by atoms with E-state index in [0.29, 0.717) is 0 Å². The van der Waals surface area contributed by atoms with Crippen molar-refractivity contribution in [3.8, 4) is 0 Å². The van der Waals surface area contributed by atoms with Crippen LogP contribution in [0.1, 0.15) is 6.92 Å². The molecule has 0 amide bonds. The Balaban J connectivity index is 0.000000963. The summed E-state index contributed by atoms with van der Waals surface area (Å²) < 4.78 is 0. The predicted octanol–water partition coefficient (Wildman–Crippen LogP) is 8.14. The molecule has 0 unspecified atom stereocenters. The zero-order chi connectivity index (χ0) is 19.4. The molecule has 0 spiro atoms. The van der Waals surface area contributed by atoms with Crippen molar-refractivity contribution in [3.63, 3.8) is 0 Å². The Morgan fingerprint density at radius 3 is 0.812 bits per heavy atom. The minimum Gasteiger partial charge on any atom is -0.697 e. The molecule has 6 nitrogen and oxygen atoms in total. The normalized spacial score (nSPS) is 16.0. The maximum absolute atomic E-state index is 4.93. The quantitative estimate of drug-likeness (QED) is 0.276. The molecule has 3 aromatic rings. The van der Waals surface area contributed by atoms with Crippen LogP contribution in [0.25, 0.3) is 31.9 Å². The maximum atomic E-state index is 4.93. The summed E-state index contributed by atoms with van der Waals surface area (Å²) in [6.07, 6.45) is -1.09. The molecule has 3 aromatic carbocycles. The number of nitrogens with zero attached hydrogens (tertiary/aromatic N) is 6. The van der Waals surface area contributed by atoms with Crippen molar-refractivity contribution in [2.75, 3.05) is 0 Å². The zero-order valence-electron chi connectivity index (χ0n) is 17.6. The van der Waals surface area contributed by atoms with Gasteiger partial charge in [-0.05, 0) is 0 Å². The van der Waals surface area contributed by atoms with Gasteiger partial charge in [0.2, 0.25) is 0 Å². The number of para-hydroxylation sites is 6. The van der Waals surface area contributed by atoms with Gasteiger partial charge in [-0.2, -0.15) is 34.1 Å². The molecule has 0 saturated carbocycles. The second-order valence-corrected chi connectivity index (χ2v) is 7.73. The summed E-state index contributed by atoms with van der Waals surface area (Å²) in [7, 11) is 0. The SMILES string of the molecule is CC(C1[N-]c2ccccc2[N-]1)(C1[N-]c2ccccc2[N-]1)C1[N-]c2ccccc2[N-]1.[Y].[Y].[Y]. The first-order chi connectivity index (χ1) is 14.2. The van der Waals surface area contributed by atoms with E-state index in [1.165, 1.54) is 0 Å². The van der Waals surface area contributed by atoms with Crippen LogP contribution >= 0.6 is 0 Å². The van der Waals surface area contributed by atoms with E-state index in [9.17, 15) is 0 Å². The largest absolute Gasteiger partial charge is 0.697 e. The first-order valence-corrected chi connectivity index (χ1v) is 9.74. The third-order valence-corrected chi connectivity index (χ3v) is 5.88. The van der Waals surface area contributed by atoms with Crippen molar-refractivity contribution in [3.05, 3.63) is 105 Å². The molecule has 32 heavy (non-hydrogen) atoms. The van der Waals surface area contributed by atoms with E-state index in [2.05, 4.69) is 6.92 Å². The van der Waals surface area contributed by atoms with Crippen molar-refractivity contribution < 1.29 is 98.1 Å². The molecule has 0 bridgehead atoms. The molecule has 0 aliphatic carbocycles. The van der Waals surface area contributed by atoms with Crippen molar-refractivity contribution in [2.24, 2.45) is 5.41 Å². The van der Waals surface area contributed by atoms with E-state index in [1.54, 1.807) is 0 Å². The Labute approximate surface area is 264 Å². The number of hydrogen-bond acceptors (Lipinski definition) is 0. The van der Waals surface area contributed by atoms with Gasteiger partial charge >= 0.3 is 0 Å². The van der Waals surface area contributed by atoms with Gasteiger partial charge in [0, 0.05) is 98.1 Å². The van der Waals surface area contributed by atoms with Crippen LogP contribution in [0.3, 0.4) is 0 Å². The van der Waals surface area contributed by atoms with E-state index in [4.69, 9.17) is 31.9 Å². The molecular formula is C23H18N6Y3-6. The smallest absolute Gasteiger partial charge is 0 e. The fraction of sp³-hybridized carbons (Fsp3) is 0.217. The van der Waals surface area contributed by atoms with Crippen molar-refractivity contribution in [2.45, 2.75) is 25.4 Å². The molecule has 0 aromatic heterocycles. The maximum Gasteiger partial charge on any atom is 0 e. The molecule has 6 rings (SSSR count). The van der Waals surface area contributed by atoms with Crippen LogP contribution in [0, 0.1) is 5.41 Å². The molecular weight excluding hydrogens is 627 g/mol. The molecule has 3 aliphatic rings. The summed E-state index contributed by atoms with van der Waals surface area (Å²) in [4.78, 5) is 0. The molecule has 155 valence electrons. The van der Waals surface area contributed by atoms with Gasteiger partial charge in [-0.25, -0.2) is 18.5 Å². The summed E-state index contributed by atoms with van der Waals surface area (Å²) in [5.74, 6) is 0. The number of fused-ring (bicyclic) bond motifs is 3. The number of hydrogen-bond donors (Lipinski definition) is 0. The topological polar surface area (TPSA) is 84.6 Å². The van der Waals surface area contributed by atoms with Crippen LogP contribution < -0.4 is 0 Å². The van der Waals surface area contributed by atoms with Crippen LogP contribution in [0.4, 0.5) is 34.1 Å². The zero-order valence-corrected chi connectivity index (χ0v) is 26.1. The second-order valence-electron chi connectivity index (χ2n) is 7.73. The summed E-state index contributed by atoms with van der Waals surface area (Å²) in [6.45, 7) is 2.11. The molecule has 0 atom stereocenters. The minimum atomic E-state index is -0.628. The third-order valence-electron chi connectivity index (χ3n) is 5.88. The third kappa shape index (κ3) is 4.41. The minimum absolute atomic E-state index is 0. The average Bonchev–Trinajstić information content (AvgIpc) is 3.48. The summed E-state index contributed by atoms with van der Waals surface area (Å²) in [6, 6.07) is 23.9. The Bertz CT molecular complexity index is 885. The molecule has 0 N–H and O–H groups in total. The van der Waals surface area contributed by atoms with Gasteiger partial charge in [-0.3, -0.25) is 0 Å². The monoisotopic (exact) mass is 645 g/mol. The van der Waals surface area contributed by atoms with Gasteiger partial charge in [0.15, 0.2) is 0 Å². The van der Waals surface area contributed by atoms with Crippen LogP contribution in [-0.4, -0.2) is 18.5 Å². The van der Waals surface area contributed by atoms with Gasteiger partial charge < -0.3 is 31.9 Å². The van der Waals surface area contributed by atoms with Crippen molar-refractivity contribution in [1.82, 2.24) is 0 Å². The standard InChI is InChI=1S/C23H18N6.3Y/c1-23(20-24-14-8-2-3-9-15(14)25-20,21-26-16-10-4-5-11-17(16)27-21)22-28-18-12-6-7-13-19(18)29-22;;;/h2-13,20-22H,1H3;;;/q-6;;;. The molecule has 3 radical (unpaired) electrons. The van der Waals surface area contributed by atoms with Crippen LogP contribution in [0.15, 0.2) is 72.8 Å². The summed E-state index contributed by atoms with van der Waals surface area (Å²) in [5, 5.41) is 29.6. The Morgan fingerprint density at radius 2 is 0.625 bits per heavy atom. The first kappa shape index (κ1) is 26.4. The van der Waals surface area contributed by atoms with E-state index >= 15 is 0 Å². The number of rotatable bonds is 3. The molecule has 3 heterocycles. The van der Waals surface area contributed by atoms with Crippen LogP contribution in [0.5, 0.6) is 0 Å². The van der Waals surface area contributed by atoms with Crippen LogP contribution in [0.2, 0.25) is 0 Å². The Kier molecular flexibility index (Phi) is 8.72. The second kappa shape index (κ2) is 10.6. The van der Waals surface area contributed by atoms with Gasteiger partial charge in [0.25, 0.3) is 0 Å². The predicted molar refractivity (Wildman–Crippen MR) is 117 cm³/mol. The van der Waals surface area contributed by atoms with Crippen molar-refractivity contribution >= 4 is 34.1 Å². The van der Waals surface area contributed by atoms with E-state index in [0.717, 1.165) is 34.1 Å². The van der Waals surface area contributed by atoms with Crippen LogP contribution in [-0.2, 0) is 98.1 Å². The van der Waals surface area contributed by atoms with E-state index in [-0.39, 0.29) is 117 Å². The van der Waals surface area contributed by atoms with E-state index < -0.39 is 5.41 Å². The molecule has 0 fully saturated rings. The average molecular weight is 645 g/mol. The fourth-order valence-electron chi connectivity index (χ4n) is 4.16. The molecule has 0 saturated heterocycles. The molecule has 3 aliphatic heterocycles. The summed E-state index contributed by atoms with van der Waals surface area (Å²) >= 11 is 0. The van der Waals surface area contributed by atoms with Gasteiger partial charge in [-0.1, -0.05) is 79.7 Å². The van der Waals surface area contributed by atoms with Gasteiger partial charge in [-0.15, -0.1) is 5.41 Å². The Morgan fingerprint density at radius 1 is 0.438 bits per heavy atom. The molecule has 9 heteroatoms.